The molecule has 37 heavy (non-hydrogen) atoms. The highest BCUT2D eigenvalue weighted by Gasteiger charge is 2.32. The van der Waals surface area contributed by atoms with Gasteiger partial charge in [0.2, 0.25) is 6.79 Å². The molecule has 3 heterocycles. The minimum atomic E-state index is -0.685. The molecule has 2 amide bonds. The van der Waals surface area contributed by atoms with Crippen LogP contribution in [0.2, 0.25) is 0 Å². The minimum Gasteiger partial charge on any atom is -0.454 e. The molecule has 1 saturated heterocycles. The van der Waals surface area contributed by atoms with Crippen LogP contribution in [0.4, 0.5) is 10.1 Å². The first-order valence-corrected chi connectivity index (χ1v) is 13.1. The zero-order valence-electron chi connectivity index (χ0n) is 20.5. The molecule has 1 fully saturated rings. The minimum absolute atomic E-state index is 0.0685. The van der Waals surface area contributed by atoms with E-state index in [9.17, 15) is 14.0 Å². The molecular weight excluding hydrogens is 495 g/mol. The number of carbonyl (C=O) groups is 2. The van der Waals surface area contributed by atoms with Crippen molar-refractivity contribution in [3.8, 4) is 11.5 Å². The molecule has 3 aromatic rings. The summed E-state index contributed by atoms with van der Waals surface area (Å²) in [6, 6.07) is 15.6. The quantitative estimate of drug-likeness (QED) is 0.462. The first-order valence-electron chi connectivity index (χ1n) is 12.2. The Bertz CT molecular complexity index is 1230. The highest BCUT2D eigenvalue weighted by molar-refractivity contribution is 7.10. The summed E-state index contributed by atoms with van der Waals surface area (Å²) in [7, 11) is 0. The molecule has 5 rings (SSSR count). The molecule has 0 bridgehead atoms. The highest BCUT2D eigenvalue weighted by Crippen LogP contribution is 2.33. The molecule has 0 aliphatic carbocycles. The molecule has 1 aromatic heterocycles. The monoisotopic (exact) mass is 524 g/mol. The van der Waals surface area contributed by atoms with Crippen LogP contribution in [0.1, 0.15) is 23.4 Å². The number of piperazine rings is 1. The number of halogens is 1. The molecule has 194 valence electrons. The van der Waals surface area contributed by atoms with Crippen molar-refractivity contribution in [1.82, 2.24) is 15.5 Å². The number of anilines is 1. The van der Waals surface area contributed by atoms with E-state index < -0.39 is 11.8 Å². The Morgan fingerprint density at radius 2 is 1.76 bits per heavy atom. The standard InChI is InChI=1S/C27H29FN4O4S/c1-18(30-27(34)26(33)29-16-19-4-9-22-23(15-19)36-17-35-22)25(24-3-2-14-37-24)32-12-10-31(11-13-32)21-7-5-20(28)6-8-21/h2-9,14-15,18,25H,10-13,16-17H2,1H3,(H,29,33)(H,30,34)/t18-,25+/m0/s1. The maximum Gasteiger partial charge on any atom is 0.309 e. The van der Waals surface area contributed by atoms with Crippen molar-refractivity contribution in [2.45, 2.75) is 25.6 Å². The van der Waals surface area contributed by atoms with Gasteiger partial charge in [0.15, 0.2) is 11.5 Å². The maximum atomic E-state index is 13.3. The van der Waals surface area contributed by atoms with Crippen LogP contribution in [0.25, 0.3) is 0 Å². The fourth-order valence-corrected chi connectivity index (χ4v) is 5.74. The molecule has 2 atom stereocenters. The van der Waals surface area contributed by atoms with Crippen molar-refractivity contribution < 1.29 is 23.5 Å². The van der Waals surface area contributed by atoms with E-state index in [4.69, 9.17) is 9.47 Å². The predicted molar refractivity (Wildman–Crippen MR) is 139 cm³/mol. The fraction of sp³-hybridized carbons (Fsp3) is 0.333. The highest BCUT2D eigenvalue weighted by atomic mass is 32.1. The summed E-state index contributed by atoms with van der Waals surface area (Å²) in [6.45, 7) is 5.43. The third-order valence-electron chi connectivity index (χ3n) is 6.66. The summed E-state index contributed by atoms with van der Waals surface area (Å²) in [5.74, 6) is -0.303. The molecule has 2 aliphatic rings. The SMILES string of the molecule is C[C@H](NC(=O)C(=O)NCc1ccc2c(c1)OCO2)[C@H](c1cccs1)N1CCN(c2ccc(F)cc2)CC1. The zero-order chi connectivity index (χ0) is 25.8. The number of hydrogen-bond donors (Lipinski definition) is 2. The molecule has 2 aliphatic heterocycles. The Labute approximate surface area is 219 Å². The lowest BCUT2D eigenvalue weighted by molar-refractivity contribution is -0.140. The summed E-state index contributed by atoms with van der Waals surface area (Å²) >= 11 is 1.63. The van der Waals surface area contributed by atoms with Gasteiger partial charge < -0.3 is 25.0 Å². The molecular formula is C27H29FN4O4S. The normalized spacial score (nSPS) is 16.8. The van der Waals surface area contributed by atoms with Crippen LogP contribution in [0, 0.1) is 5.82 Å². The van der Waals surface area contributed by atoms with Crippen molar-refractivity contribution in [3.05, 3.63) is 76.2 Å². The number of ether oxygens (including phenoxy) is 2. The van der Waals surface area contributed by atoms with Gasteiger partial charge in [-0.3, -0.25) is 14.5 Å². The van der Waals surface area contributed by atoms with Gasteiger partial charge in [-0.25, -0.2) is 4.39 Å². The lowest BCUT2D eigenvalue weighted by Gasteiger charge is -2.42. The summed E-state index contributed by atoms with van der Waals surface area (Å²) in [5, 5.41) is 7.61. The fourth-order valence-electron chi connectivity index (χ4n) is 4.78. The third-order valence-corrected chi connectivity index (χ3v) is 7.61. The Hall–Kier alpha value is -3.63. The second kappa shape index (κ2) is 11.2. The van der Waals surface area contributed by atoms with Gasteiger partial charge in [-0.15, -0.1) is 11.3 Å². The first kappa shape index (κ1) is 25.0. The Morgan fingerprint density at radius 1 is 1.00 bits per heavy atom. The van der Waals surface area contributed by atoms with E-state index in [0.29, 0.717) is 11.5 Å². The number of thiophene rings is 1. The van der Waals surface area contributed by atoms with Gasteiger partial charge in [-0.1, -0.05) is 12.1 Å². The summed E-state index contributed by atoms with van der Waals surface area (Å²) < 4.78 is 24.0. The number of benzene rings is 2. The van der Waals surface area contributed by atoms with Crippen molar-refractivity contribution in [2.75, 3.05) is 37.9 Å². The number of carbonyl (C=O) groups excluding carboxylic acids is 2. The number of nitrogens with one attached hydrogen (secondary N) is 2. The van der Waals surface area contributed by atoms with E-state index in [-0.39, 0.29) is 31.2 Å². The molecule has 0 unspecified atom stereocenters. The largest absolute Gasteiger partial charge is 0.454 e. The molecule has 8 nitrogen and oxygen atoms in total. The number of hydrogen-bond acceptors (Lipinski definition) is 7. The number of nitrogens with zero attached hydrogens (tertiary/aromatic N) is 2. The second-order valence-corrected chi connectivity index (χ2v) is 10.1. The molecule has 0 spiro atoms. The van der Waals surface area contributed by atoms with E-state index in [1.807, 2.05) is 24.4 Å². The molecule has 2 N–H and O–H groups in total. The van der Waals surface area contributed by atoms with Crippen LogP contribution in [-0.2, 0) is 16.1 Å². The summed E-state index contributed by atoms with van der Waals surface area (Å²) in [4.78, 5) is 31.0. The molecule has 10 heteroatoms. The van der Waals surface area contributed by atoms with E-state index in [2.05, 4.69) is 26.5 Å². The molecule has 0 saturated carbocycles. The van der Waals surface area contributed by atoms with Crippen LogP contribution in [0.15, 0.2) is 60.0 Å². The smallest absolute Gasteiger partial charge is 0.309 e. The topological polar surface area (TPSA) is 83.1 Å². The van der Waals surface area contributed by atoms with Crippen LogP contribution in [0.3, 0.4) is 0 Å². The van der Waals surface area contributed by atoms with E-state index in [1.54, 1.807) is 35.6 Å². The number of amides is 2. The van der Waals surface area contributed by atoms with Crippen molar-refractivity contribution in [1.29, 1.82) is 0 Å². The van der Waals surface area contributed by atoms with Crippen LogP contribution < -0.4 is 25.0 Å². The van der Waals surface area contributed by atoms with Crippen LogP contribution in [0.5, 0.6) is 11.5 Å². The zero-order valence-corrected chi connectivity index (χ0v) is 21.3. The first-order chi connectivity index (χ1) is 18.0. The molecule has 2 aromatic carbocycles. The second-order valence-electron chi connectivity index (χ2n) is 9.09. The lowest BCUT2D eigenvalue weighted by atomic mass is 10.0. The van der Waals surface area contributed by atoms with Crippen LogP contribution >= 0.6 is 11.3 Å². The Balaban J connectivity index is 1.18. The number of fused-ring (bicyclic) bond motifs is 1. The lowest BCUT2D eigenvalue weighted by Crippen LogP contribution is -2.53. The predicted octanol–water partition coefficient (Wildman–Crippen LogP) is 3.30. The van der Waals surface area contributed by atoms with Crippen molar-refractivity contribution in [2.24, 2.45) is 0 Å². The Morgan fingerprint density at radius 3 is 2.49 bits per heavy atom. The van der Waals surface area contributed by atoms with Gasteiger partial charge in [0.25, 0.3) is 0 Å². The van der Waals surface area contributed by atoms with Gasteiger partial charge >= 0.3 is 11.8 Å². The average molecular weight is 525 g/mol. The summed E-state index contributed by atoms with van der Waals surface area (Å²) in [5.41, 5.74) is 1.81. The summed E-state index contributed by atoms with van der Waals surface area (Å²) in [6.07, 6.45) is 0. The van der Waals surface area contributed by atoms with Crippen molar-refractivity contribution in [3.63, 3.8) is 0 Å². The van der Waals surface area contributed by atoms with E-state index in [1.165, 1.54) is 12.1 Å². The Kier molecular flexibility index (Phi) is 7.57. The van der Waals surface area contributed by atoms with Gasteiger partial charge in [-0.2, -0.15) is 0 Å². The van der Waals surface area contributed by atoms with Crippen LogP contribution in [-0.4, -0.2) is 55.7 Å². The van der Waals surface area contributed by atoms with Gasteiger partial charge in [0.05, 0.1) is 6.04 Å². The van der Waals surface area contributed by atoms with Gasteiger partial charge in [0.1, 0.15) is 5.82 Å². The van der Waals surface area contributed by atoms with Gasteiger partial charge in [-0.05, 0) is 60.3 Å². The van der Waals surface area contributed by atoms with E-state index >= 15 is 0 Å². The third kappa shape index (κ3) is 5.86. The number of rotatable bonds is 7. The van der Waals surface area contributed by atoms with E-state index in [0.717, 1.165) is 42.3 Å². The van der Waals surface area contributed by atoms with Crippen molar-refractivity contribution >= 4 is 28.8 Å². The average Bonchev–Trinajstić information content (AvgIpc) is 3.60. The molecule has 0 radical (unpaired) electrons. The maximum absolute atomic E-state index is 13.3. The van der Waals surface area contributed by atoms with Gasteiger partial charge in [0, 0.05) is 49.3 Å².